The van der Waals surface area contributed by atoms with Crippen molar-refractivity contribution in [3.8, 4) is 0 Å². The van der Waals surface area contributed by atoms with Crippen molar-refractivity contribution in [3.63, 3.8) is 0 Å². The van der Waals surface area contributed by atoms with Gasteiger partial charge in [-0.05, 0) is 25.7 Å². The summed E-state index contributed by atoms with van der Waals surface area (Å²) >= 11 is 2.45. The monoisotopic (exact) mass is 310 g/mol. The lowest BCUT2D eigenvalue weighted by molar-refractivity contribution is -0.0502. The fourth-order valence-electron chi connectivity index (χ4n) is 2.04. The molecule has 2 aliphatic rings. The molecule has 0 atom stereocenters. The van der Waals surface area contributed by atoms with Gasteiger partial charge in [0.1, 0.15) is 0 Å². The van der Waals surface area contributed by atoms with Crippen molar-refractivity contribution in [2.75, 3.05) is 17.6 Å². The normalized spacial score (nSPS) is 25.5. The van der Waals surface area contributed by atoms with Gasteiger partial charge in [-0.25, -0.2) is 0 Å². The summed E-state index contributed by atoms with van der Waals surface area (Å²) in [7, 11) is 0. The third-order valence-corrected chi connectivity index (χ3v) is 4.52. The standard InChI is InChI=1S/C11H19IO2/c12-9-11(5-1-2-6-11)14-8-7-13-10-3-4-10/h10H,1-9H2. The molecule has 2 fully saturated rings. The number of hydrogen-bond acceptors (Lipinski definition) is 2. The summed E-state index contributed by atoms with van der Waals surface area (Å²) < 4.78 is 12.7. The molecular formula is C11H19IO2. The van der Waals surface area contributed by atoms with Crippen LogP contribution in [0.4, 0.5) is 0 Å². The van der Waals surface area contributed by atoms with Gasteiger partial charge in [-0.2, -0.15) is 0 Å². The Bertz CT molecular complexity index is 174. The van der Waals surface area contributed by atoms with Gasteiger partial charge in [0, 0.05) is 4.43 Å². The van der Waals surface area contributed by atoms with E-state index in [-0.39, 0.29) is 5.60 Å². The Balaban J connectivity index is 1.61. The molecular weight excluding hydrogens is 291 g/mol. The molecule has 0 bridgehead atoms. The van der Waals surface area contributed by atoms with Crippen LogP contribution < -0.4 is 0 Å². The van der Waals surface area contributed by atoms with E-state index in [4.69, 9.17) is 9.47 Å². The van der Waals surface area contributed by atoms with E-state index in [0.29, 0.717) is 6.10 Å². The van der Waals surface area contributed by atoms with Crippen LogP contribution in [-0.2, 0) is 9.47 Å². The molecule has 82 valence electrons. The maximum atomic E-state index is 5.99. The van der Waals surface area contributed by atoms with Gasteiger partial charge in [0.15, 0.2) is 0 Å². The fraction of sp³-hybridized carbons (Fsp3) is 1.00. The average molecular weight is 310 g/mol. The molecule has 0 amide bonds. The Kier molecular flexibility index (Phi) is 4.08. The lowest BCUT2D eigenvalue weighted by Crippen LogP contribution is -2.32. The molecule has 0 aromatic carbocycles. The van der Waals surface area contributed by atoms with Crippen LogP contribution in [0.2, 0.25) is 0 Å². The van der Waals surface area contributed by atoms with E-state index >= 15 is 0 Å². The summed E-state index contributed by atoms with van der Waals surface area (Å²) in [5.74, 6) is 0. The fourth-order valence-corrected chi connectivity index (χ4v) is 3.03. The summed E-state index contributed by atoms with van der Waals surface area (Å²) in [5.41, 5.74) is 0.202. The van der Waals surface area contributed by atoms with Crippen molar-refractivity contribution < 1.29 is 9.47 Å². The minimum absolute atomic E-state index is 0.202. The molecule has 2 nitrogen and oxygen atoms in total. The first-order valence-electron chi connectivity index (χ1n) is 5.66. The Morgan fingerprint density at radius 2 is 1.86 bits per heavy atom. The predicted octanol–water partition coefficient (Wildman–Crippen LogP) is 2.93. The molecule has 0 unspecified atom stereocenters. The first-order valence-corrected chi connectivity index (χ1v) is 7.19. The summed E-state index contributed by atoms with van der Waals surface area (Å²) in [6.45, 7) is 1.59. The molecule has 2 rings (SSSR count). The second-order valence-electron chi connectivity index (χ2n) is 4.44. The van der Waals surface area contributed by atoms with Crippen LogP contribution in [0, 0.1) is 0 Å². The van der Waals surface area contributed by atoms with Crippen LogP contribution in [0.5, 0.6) is 0 Å². The second kappa shape index (κ2) is 5.12. The first kappa shape index (κ1) is 11.1. The molecule has 2 aliphatic carbocycles. The van der Waals surface area contributed by atoms with Crippen LogP contribution in [0.25, 0.3) is 0 Å². The van der Waals surface area contributed by atoms with Crippen LogP contribution >= 0.6 is 22.6 Å². The lowest BCUT2D eigenvalue weighted by Gasteiger charge is -2.27. The third-order valence-electron chi connectivity index (χ3n) is 3.13. The first-order chi connectivity index (χ1) is 6.85. The largest absolute Gasteiger partial charge is 0.376 e. The van der Waals surface area contributed by atoms with Gasteiger partial charge in [0.2, 0.25) is 0 Å². The van der Waals surface area contributed by atoms with E-state index in [1.165, 1.54) is 38.5 Å². The Labute approximate surface area is 99.9 Å². The average Bonchev–Trinajstić information content (AvgIpc) is 2.92. The minimum atomic E-state index is 0.202. The smallest absolute Gasteiger partial charge is 0.0772 e. The third kappa shape index (κ3) is 3.07. The molecule has 0 saturated heterocycles. The zero-order valence-electron chi connectivity index (χ0n) is 8.64. The molecule has 0 radical (unpaired) electrons. The van der Waals surface area contributed by atoms with Gasteiger partial charge in [-0.3, -0.25) is 0 Å². The van der Waals surface area contributed by atoms with Gasteiger partial charge in [-0.1, -0.05) is 35.4 Å². The molecule has 0 spiro atoms. The van der Waals surface area contributed by atoms with E-state index in [2.05, 4.69) is 22.6 Å². The molecule has 0 aromatic rings. The van der Waals surface area contributed by atoms with Crippen molar-refractivity contribution in [2.24, 2.45) is 0 Å². The van der Waals surface area contributed by atoms with Crippen LogP contribution in [0.15, 0.2) is 0 Å². The summed E-state index contributed by atoms with van der Waals surface area (Å²) in [4.78, 5) is 0. The summed E-state index contributed by atoms with van der Waals surface area (Å²) in [5, 5.41) is 0. The minimum Gasteiger partial charge on any atom is -0.376 e. The van der Waals surface area contributed by atoms with E-state index in [1.807, 2.05) is 0 Å². The van der Waals surface area contributed by atoms with Crippen LogP contribution in [-0.4, -0.2) is 29.3 Å². The predicted molar refractivity (Wildman–Crippen MR) is 65.0 cm³/mol. The highest BCUT2D eigenvalue weighted by Crippen LogP contribution is 2.34. The number of halogens is 1. The van der Waals surface area contributed by atoms with Crippen LogP contribution in [0.1, 0.15) is 38.5 Å². The van der Waals surface area contributed by atoms with Gasteiger partial charge in [0.05, 0.1) is 24.9 Å². The topological polar surface area (TPSA) is 18.5 Å². The Hall–Kier alpha value is 0.650. The Morgan fingerprint density at radius 1 is 1.14 bits per heavy atom. The van der Waals surface area contributed by atoms with Gasteiger partial charge in [0.25, 0.3) is 0 Å². The Morgan fingerprint density at radius 3 is 2.43 bits per heavy atom. The van der Waals surface area contributed by atoms with E-state index in [9.17, 15) is 0 Å². The zero-order valence-corrected chi connectivity index (χ0v) is 10.8. The lowest BCUT2D eigenvalue weighted by atomic mass is 10.1. The van der Waals surface area contributed by atoms with Crippen LogP contribution in [0.3, 0.4) is 0 Å². The van der Waals surface area contributed by atoms with E-state index < -0.39 is 0 Å². The molecule has 14 heavy (non-hydrogen) atoms. The number of ether oxygens (including phenoxy) is 2. The molecule has 0 aliphatic heterocycles. The highest BCUT2D eigenvalue weighted by Gasteiger charge is 2.33. The van der Waals surface area contributed by atoms with Gasteiger partial charge in [-0.15, -0.1) is 0 Å². The second-order valence-corrected chi connectivity index (χ2v) is 5.21. The van der Waals surface area contributed by atoms with Gasteiger partial charge >= 0.3 is 0 Å². The molecule has 0 aromatic heterocycles. The highest BCUT2D eigenvalue weighted by atomic mass is 127. The highest BCUT2D eigenvalue weighted by molar-refractivity contribution is 14.1. The van der Waals surface area contributed by atoms with E-state index in [1.54, 1.807) is 0 Å². The maximum absolute atomic E-state index is 5.99. The number of hydrogen-bond donors (Lipinski definition) is 0. The van der Waals surface area contributed by atoms with Crippen molar-refractivity contribution in [2.45, 2.75) is 50.2 Å². The number of alkyl halides is 1. The summed E-state index contributed by atoms with van der Waals surface area (Å²) in [6, 6.07) is 0. The van der Waals surface area contributed by atoms with E-state index in [0.717, 1.165) is 17.6 Å². The maximum Gasteiger partial charge on any atom is 0.0772 e. The number of rotatable bonds is 6. The van der Waals surface area contributed by atoms with Crippen molar-refractivity contribution in [1.29, 1.82) is 0 Å². The SMILES string of the molecule is ICC1(OCCOC2CC2)CCCC1. The van der Waals surface area contributed by atoms with Crippen molar-refractivity contribution in [3.05, 3.63) is 0 Å². The van der Waals surface area contributed by atoms with Gasteiger partial charge < -0.3 is 9.47 Å². The quantitative estimate of drug-likeness (QED) is 0.427. The molecule has 2 saturated carbocycles. The zero-order chi connectivity index (χ0) is 9.86. The molecule has 0 heterocycles. The van der Waals surface area contributed by atoms with Crippen molar-refractivity contribution >= 4 is 22.6 Å². The molecule has 0 N–H and O–H groups in total. The molecule has 3 heteroatoms. The van der Waals surface area contributed by atoms with Crippen molar-refractivity contribution in [1.82, 2.24) is 0 Å². The summed E-state index contributed by atoms with van der Waals surface area (Å²) in [6.07, 6.45) is 8.27.